The van der Waals surface area contributed by atoms with Gasteiger partial charge in [-0.25, -0.2) is 14.4 Å². The van der Waals surface area contributed by atoms with Crippen LogP contribution in [0.15, 0.2) is 214 Å². The van der Waals surface area contributed by atoms with Crippen LogP contribution in [0, 0.1) is 0 Å². The average Bonchev–Trinajstić information content (AvgIpc) is 0.741. The van der Waals surface area contributed by atoms with Crippen LogP contribution in [0.4, 0.5) is 4.79 Å². The molecular weight excluding hydrogens is 1400 g/mol. The Morgan fingerprint density at radius 3 is 1.17 bits per heavy atom. The quantitative estimate of drug-likeness (QED) is 0.0138. The van der Waals surface area contributed by atoms with Crippen LogP contribution in [-0.2, 0) is 62.0 Å². The number of nitrogens with two attached hydrogens (primary N) is 2. The van der Waals surface area contributed by atoms with Gasteiger partial charge >= 0.3 is 17.9 Å². The highest BCUT2D eigenvalue weighted by molar-refractivity contribution is 8.07. The lowest BCUT2D eigenvalue weighted by Crippen LogP contribution is -2.71. The first-order valence-corrected chi connectivity index (χ1v) is 37.1. The van der Waals surface area contributed by atoms with Crippen molar-refractivity contribution >= 4 is 132 Å². The lowest BCUT2D eigenvalue weighted by molar-refractivity contribution is -0.154. The molecule has 8 N–H and O–H groups in total. The Morgan fingerprint density at radius 2 is 0.810 bits per heavy atom. The number of esters is 2. The van der Waals surface area contributed by atoms with E-state index in [0.717, 1.165) is 27.2 Å². The van der Waals surface area contributed by atoms with Gasteiger partial charge in [0.1, 0.15) is 63.4 Å². The normalized spacial score (nSPS) is 20.3. The van der Waals surface area contributed by atoms with Crippen molar-refractivity contribution in [2.45, 2.75) is 58.5 Å². The standard InChI is InChI=1S/C31H28BN3O6S2.C22H22N2O4S2.C17H19N3O5S2/c1-40-18-43-22-17-42-29-24(33-27(36)23(34-31(32)39)19-11-5-2-6-12-19)28(37)35(29)25(22)30(38)41-26(20-13-7-3-8-14-20)21-15-9-4-10-16-21;1-27-13-30-16-12-29-21-17(23)20(25)24(21)18(16)22(26)28-19(14-8-4-2-5-9-14)15-10-6-3-7-11-15;1-25-8-27-10-7-26-16-12(15(22)20(16)13(10)17(23)24)19-14(21)11(18)9-5-3-2-4-6-9/h2-16,23-24,26,29H,17-18H2,1H3,(H,33,36)(H,34,39);2-11,17,19,21H,12-13,23H2,1H3;2-6,11-12,16H,7-8,18H2,1H3,(H,19,21)(H,23,24)/t23-,24-,29-;17-,21-;11-,12-,16-/m111/s1. The number of nitrogens with zero attached hydrogens (tertiary/aromatic N) is 3. The molecule has 518 valence electrons. The number of methoxy groups -OCH3 is 3. The summed E-state index contributed by atoms with van der Waals surface area (Å²) in [5.74, 6) is -3.09. The molecule has 0 aliphatic carbocycles. The smallest absolute Gasteiger partial charge is 0.356 e. The molecule has 100 heavy (non-hydrogen) atoms. The Bertz CT molecular complexity index is 3970. The summed E-state index contributed by atoms with van der Waals surface area (Å²) in [7, 11) is 9.99. The summed E-state index contributed by atoms with van der Waals surface area (Å²) in [6.07, 6.45) is -1.29. The van der Waals surface area contributed by atoms with E-state index in [1.165, 1.54) is 80.6 Å². The van der Waals surface area contributed by atoms with Gasteiger partial charge in [0.05, 0.1) is 17.8 Å². The molecule has 12 rings (SSSR count). The van der Waals surface area contributed by atoms with Crippen molar-refractivity contribution in [3.05, 3.63) is 247 Å². The predicted molar refractivity (Wildman–Crippen MR) is 387 cm³/mol. The lowest BCUT2D eigenvalue weighted by Gasteiger charge is -2.49. The molecule has 0 saturated carbocycles. The molecule has 30 heteroatoms. The van der Waals surface area contributed by atoms with Crippen LogP contribution >= 0.6 is 70.6 Å². The first-order valence-electron chi connectivity index (χ1n) is 31.0. The van der Waals surface area contributed by atoms with E-state index in [-0.39, 0.29) is 34.3 Å². The maximum absolute atomic E-state index is 13.9. The van der Waals surface area contributed by atoms with Crippen molar-refractivity contribution in [1.82, 2.24) is 30.7 Å². The minimum absolute atomic E-state index is 0.0383. The molecule has 23 nitrogen and oxygen atoms in total. The Morgan fingerprint density at radius 1 is 0.490 bits per heavy atom. The molecule has 6 amide bonds. The van der Waals surface area contributed by atoms with Crippen LogP contribution < -0.4 is 27.4 Å². The molecule has 6 heterocycles. The summed E-state index contributed by atoms with van der Waals surface area (Å²) in [5, 5.41) is 16.1. The maximum Gasteiger partial charge on any atom is 0.356 e. The van der Waals surface area contributed by atoms with Crippen molar-refractivity contribution < 1.29 is 71.9 Å². The number of fused-ring (bicyclic) bond motifs is 3. The largest absolute Gasteiger partial charge is 0.477 e. The third-order valence-electron chi connectivity index (χ3n) is 16.1. The summed E-state index contributed by atoms with van der Waals surface area (Å²) in [4.78, 5) is 121. The zero-order valence-electron chi connectivity index (χ0n) is 54.0. The Labute approximate surface area is 603 Å². The molecule has 3 fully saturated rings. The van der Waals surface area contributed by atoms with Crippen molar-refractivity contribution in [1.29, 1.82) is 0 Å². The average molecular weight is 1470 g/mol. The van der Waals surface area contributed by atoms with E-state index in [4.69, 9.17) is 43.0 Å². The number of thioether (sulfide) groups is 6. The molecule has 6 aromatic carbocycles. The van der Waals surface area contributed by atoms with Gasteiger partial charge in [0.15, 0.2) is 18.0 Å². The van der Waals surface area contributed by atoms with Gasteiger partial charge in [0.25, 0.3) is 11.8 Å². The molecule has 8 atom stereocenters. The van der Waals surface area contributed by atoms with Gasteiger partial charge in [-0.2, -0.15) is 0 Å². The second-order valence-electron chi connectivity index (χ2n) is 22.5. The SMILES string of the molecule is COCSC1=C(C(=O)O)N2C(=O)[C@@H](NC(=O)[C@H](N)c3ccccc3)[C@H]2SC1.COCSC1=C(C(=O)OC(c2ccccc2)c2ccccc2)N2C(=O)[C@@H](N)[C@H]2SC1.[B]C(=O)N[C@@H](C(=O)N[C@@H]1C(=O)N2C(C(=O)OC(c3ccccc3)c3ccccc3)=C(SCOC)CS[C@H]12)c1ccccc1. The second-order valence-corrected chi connectivity index (χ2v) is 28.8. The van der Waals surface area contributed by atoms with E-state index in [9.17, 15) is 48.3 Å². The number of carbonyl (C=O) groups is 9. The molecule has 6 aliphatic heterocycles. The molecule has 0 unspecified atom stereocenters. The van der Waals surface area contributed by atoms with Gasteiger partial charge in [-0.1, -0.05) is 217 Å². The number of carboxylic acid groups (broad SMARTS) is 1. The number of carbonyl (C=O) groups excluding carboxylic acids is 8. The number of ether oxygens (including phenoxy) is 5. The zero-order chi connectivity index (χ0) is 71.0. The van der Waals surface area contributed by atoms with Crippen molar-refractivity contribution in [2.24, 2.45) is 11.5 Å². The molecule has 0 bridgehead atoms. The van der Waals surface area contributed by atoms with Gasteiger partial charge in [-0.3, -0.25) is 43.5 Å². The zero-order valence-corrected chi connectivity index (χ0v) is 58.9. The van der Waals surface area contributed by atoms with Crippen LogP contribution in [-0.4, -0.2) is 172 Å². The van der Waals surface area contributed by atoms with Crippen LogP contribution in [0.2, 0.25) is 0 Å². The van der Waals surface area contributed by atoms with E-state index >= 15 is 0 Å². The fourth-order valence-corrected chi connectivity index (χ4v) is 18.1. The van der Waals surface area contributed by atoms with Crippen molar-refractivity contribution in [3.8, 4) is 0 Å². The van der Waals surface area contributed by atoms with E-state index in [2.05, 4.69) is 16.0 Å². The molecule has 0 spiro atoms. The summed E-state index contributed by atoms with van der Waals surface area (Å²) in [6, 6.07) is 51.0. The van der Waals surface area contributed by atoms with E-state index in [1.807, 2.05) is 127 Å². The first-order chi connectivity index (χ1) is 48.4. The minimum Gasteiger partial charge on any atom is -0.477 e. The fourth-order valence-electron chi connectivity index (χ4n) is 11.2. The Hall–Kier alpha value is -8.27. The summed E-state index contributed by atoms with van der Waals surface area (Å²) < 4.78 is 27.5. The molecule has 0 aromatic heterocycles. The monoisotopic (exact) mass is 1460 g/mol. The maximum atomic E-state index is 13.9. The topological polar surface area (TPSA) is 318 Å². The van der Waals surface area contributed by atoms with Gasteiger partial charge in [0, 0.05) is 53.3 Å². The van der Waals surface area contributed by atoms with Gasteiger partial charge < -0.3 is 56.2 Å². The number of hydrogen-bond donors (Lipinski definition) is 6. The Balaban J connectivity index is 0.000000168. The second kappa shape index (κ2) is 35.4. The summed E-state index contributed by atoms with van der Waals surface area (Å²) >= 11 is 8.33. The molecular formula is C70H69BN8O15S6. The third kappa shape index (κ3) is 17.2. The minimum atomic E-state index is -1.17. The number of benzene rings is 6. The van der Waals surface area contributed by atoms with Crippen LogP contribution in [0.3, 0.4) is 0 Å². The van der Waals surface area contributed by atoms with Gasteiger partial charge in [-0.05, 0) is 33.4 Å². The summed E-state index contributed by atoms with van der Waals surface area (Å²) in [5.41, 5.74) is 16.7. The number of aliphatic carboxylic acids is 1. The molecule has 6 aromatic rings. The van der Waals surface area contributed by atoms with E-state index in [0.29, 0.717) is 50.1 Å². The van der Waals surface area contributed by atoms with Crippen molar-refractivity contribution in [2.75, 3.05) is 56.4 Å². The number of β-lactam (4-membered cyclic amide) rings is 3. The highest BCUT2D eigenvalue weighted by Crippen LogP contribution is 2.47. The molecule has 6 aliphatic rings. The number of nitrogens with one attached hydrogen (secondary N) is 3. The molecule has 3 saturated heterocycles. The van der Waals surface area contributed by atoms with E-state index < -0.39 is 101 Å². The number of amides is 6. The highest BCUT2D eigenvalue weighted by Gasteiger charge is 2.57. The van der Waals surface area contributed by atoms with Gasteiger partial charge in [0.2, 0.25) is 25.6 Å². The van der Waals surface area contributed by atoms with E-state index in [1.54, 1.807) is 80.6 Å². The number of hydrogen-bond acceptors (Lipinski definition) is 22. The van der Waals surface area contributed by atoms with Crippen LogP contribution in [0.5, 0.6) is 0 Å². The van der Waals surface area contributed by atoms with Crippen LogP contribution in [0.25, 0.3) is 0 Å². The van der Waals surface area contributed by atoms with Gasteiger partial charge in [-0.15, -0.1) is 35.3 Å². The highest BCUT2D eigenvalue weighted by atomic mass is 32.2. The Kier molecular flexibility index (Phi) is 26.3. The lowest BCUT2D eigenvalue weighted by atomic mass is 10.00. The fraction of sp³-hybridized carbons (Fsp3) is 0.271. The number of carboxylic acids is 1. The predicted octanol–water partition coefficient (Wildman–Crippen LogP) is 7.72. The van der Waals surface area contributed by atoms with Crippen molar-refractivity contribution in [3.63, 3.8) is 0 Å². The molecule has 2 radical (unpaired) electrons. The van der Waals surface area contributed by atoms with Crippen LogP contribution in [0.1, 0.15) is 57.7 Å². The third-order valence-corrected chi connectivity index (χ3v) is 23.6. The number of rotatable bonds is 25. The first kappa shape index (κ1) is 74.4. The summed E-state index contributed by atoms with van der Waals surface area (Å²) in [6.45, 7) is 0.